The molecule has 1 rings (SSSR count). The number of nitrogens with zero attached hydrogens (tertiary/aromatic N) is 2. The molecule has 7 heteroatoms. The lowest BCUT2D eigenvalue weighted by atomic mass is 10.5. The summed E-state index contributed by atoms with van der Waals surface area (Å²) in [6.07, 6.45) is 0. The highest BCUT2D eigenvalue weighted by molar-refractivity contribution is 7.40. The second-order valence-corrected chi connectivity index (χ2v) is 3.92. The van der Waals surface area contributed by atoms with Crippen molar-refractivity contribution >= 4 is 20.0 Å². The number of likely N-dealkylation sites (N-methyl/N-ethyl adjacent to an activating group) is 2. The molecule has 0 bridgehead atoms. The molecule has 1 fully saturated rings. The number of carbonyl (C=O) groups excluding carboxylic acids is 2. The molecule has 1 N–H and O–H groups in total. The molecule has 2 unspecified atom stereocenters. The van der Waals surface area contributed by atoms with Crippen molar-refractivity contribution in [1.82, 2.24) is 9.80 Å². The molecule has 0 saturated carbocycles. The molecule has 2 atom stereocenters. The Labute approximate surface area is 82.4 Å². The van der Waals surface area contributed by atoms with Crippen LogP contribution in [0.2, 0.25) is 0 Å². The first-order chi connectivity index (χ1) is 6.54. The summed E-state index contributed by atoms with van der Waals surface area (Å²) in [6.45, 7) is 3.80. The highest BCUT2D eigenvalue weighted by Crippen LogP contribution is 2.32. The fraction of sp³-hybridized carbons (Fsp3) is 0.714. The molecule has 3 amide bonds. The van der Waals surface area contributed by atoms with Gasteiger partial charge in [-0.2, -0.15) is 4.89 Å². The smallest absolute Gasteiger partial charge is 0.270 e. The molecule has 0 aliphatic carbocycles. The zero-order valence-electron chi connectivity index (χ0n) is 8.01. The van der Waals surface area contributed by atoms with Gasteiger partial charge in [-0.15, -0.1) is 0 Å². The number of amides is 3. The van der Waals surface area contributed by atoms with Gasteiger partial charge in [-0.25, -0.2) is 4.79 Å². The van der Waals surface area contributed by atoms with Crippen molar-refractivity contribution in [3.8, 4) is 0 Å². The number of carbonyl (C=O) groups is 2. The molecule has 0 radical (unpaired) electrons. The van der Waals surface area contributed by atoms with Crippen LogP contribution in [0.1, 0.15) is 13.8 Å². The van der Waals surface area contributed by atoms with E-state index >= 15 is 0 Å². The third-order valence-electron chi connectivity index (χ3n) is 2.12. The van der Waals surface area contributed by atoms with Crippen LogP contribution < -0.4 is 0 Å². The standard InChI is InChI=1S/C7H11N2O4P/c1-3-8-5(10)6(14(12)13)9(4-2)7(8)11/h6H,3-4H2,1-2H3/p+1. The SMILES string of the molecule is CCN1C(=O)C([P+](=O)O)N(CC)C1=O. The maximum Gasteiger partial charge on any atom is 0.541 e. The van der Waals surface area contributed by atoms with Gasteiger partial charge in [-0.05, 0) is 18.4 Å². The van der Waals surface area contributed by atoms with E-state index in [1.807, 2.05) is 0 Å². The summed E-state index contributed by atoms with van der Waals surface area (Å²) in [5, 5.41) is 0. The molecule has 78 valence electrons. The molecular formula is C7H12N2O4P+. The fourth-order valence-electron chi connectivity index (χ4n) is 1.44. The van der Waals surface area contributed by atoms with Gasteiger partial charge in [0.1, 0.15) is 0 Å². The molecule has 0 spiro atoms. The van der Waals surface area contributed by atoms with Crippen molar-refractivity contribution < 1.29 is 19.0 Å². The van der Waals surface area contributed by atoms with E-state index in [4.69, 9.17) is 4.89 Å². The number of urea groups is 1. The fourth-order valence-corrected chi connectivity index (χ4v) is 2.27. The van der Waals surface area contributed by atoms with Crippen LogP contribution in [0.3, 0.4) is 0 Å². The van der Waals surface area contributed by atoms with Gasteiger partial charge in [0.05, 0.1) is 0 Å². The van der Waals surface area contributed by atoms with Gasteiger partial charge < -0.3 is 0 Å². The summed E-state index contributed by atoms with van der Waals surface area (Å²) in [6, 6.07) is -0.484. The van der Waals surface area contributed by atoms with Crippen LogP contribution in [0.25, 0.3) is 0 Å². The Morgan fingerprint density at radius 2 is 1.93 bits per heavy atom. The van der Waals surface area contributed by atoms with Crippen LogP contribution >= 0.6 is 8.03 Å². The van der Waals surface area contributed by atoms with Gasteiger partial charge >= 0.3 is 25.7 Å². The minimum absolute atomic E-state index is 0.230. The Morgan fingerprint density at radius 1 is 1.36 bits per heavy atom. The average Bonchev–Trinajstić information content (AvgIpc) is 2.37. The zero-order chi connectivity index (χ0) is 10.9. The minimum atomic E-state index is -2.68. The second-order valence-electron chi connectivity index (χ2n) is 2.83. The highest BCUT2D eigenvalue weighted by Gasteiger charge is 2.54. The van der Waals surface area contributed by atoms with E-state index in [1.165, 1.54) is 0 Å². The van der Waals surface area contributed by atoms with Gasteiger partial charge in [-0.3, -0.25) is 14.6 Å². The monoisotopic (exact) mass is 219 g/mol. The van der Waals surface area contributed by atoms with Crippen molar-refractivity contribution in [2.45, 2.75) is 19.6 Å². The van der Waals surface area contributed by atoms with E-state index in [-0.39, 0.29) is 13.1 Å². The lowest BCUT2D eigenvalue weighted by Crippen LogP contribution is -2.33. The summed E-state index contributed by atoms with van der Waals surface area (Å²) >= 11 is 0. The van der Waals surface area contributed by atoms with E-state index in [0.717, 1.165) is 9.80 Å². The lowest BCUT2D eigenvalue weighted by molar-refractivity contribution is -0.126. The van der Waals surface area contributed by atoms with E-state index in [0.29, 0.717) is 0 Å². The Bertz CT molecular complexity index is 293. The maximum atomic E-state index is 11.5. The Morgan fingerprint density at radius 3 is 2.21 bits per heavy atom. The van der Waals surface area contributed by atoms with Gasteiger partial charge in [0.15, 0.2) is 0 Å². The molecule has 1 saturated heterocycles. The molecular weight excluding hydrogens is 207 g/mol. The summed E-state index contributed by atoms with van der Waals surface area (Å²) < 4.78 is 10.9. The number of rotatable bonds is 3. The van der Waals surface area contributed by atoms with E-state index in [9.17, 15) is 14.2 Å². The van der Waals surface area contributed by atoms with Crippen LogP contribution in [0.5, 0.6) is 0 Å². The Hall–Kier alpha value is -1.00. The third kappa shape index (κ3) is 1.51. The quantitative estimate of drug-likeness (QED) is 0.548. The van der Waals surface area contributed by atoms with Gasteiger partial charge in [0.25, 0.3) is 0 Å². The van der Waals surface area contributed by atoms with E-state index in [2.05, 4.69) is 0 Å². The molecule has 1 aliphatic heterocycles. The second kappa shape index (κ2) is 4.02. The Balaban J connectivity index is 3.01. The first-order valence-electron chi connectivity index (χ1n) is 4.31. The molecule has 0 aromatic rings. The van der Waals surface area contributed by atoms with Crippen molar-refractivity contribution in [3.05, 3.63) is 0 Å². The topological polar surface area (TPSA) is 77.9 Å². The summed E-state index contributed by atoms with van der Waals surface area (Å²) in [4.78, 5) is 34.0. The third-order valence-corrected chi connectivity index (χ3v) is 3.04. The first kappa shape index (κ1) is 11.1. The predicted octanol–water partition coefficient (Wildman–Crippen LogP) is 0.351. The van der Waals surface area contributed by atoms with Crippen molar-refractivity contribution in [2.24, 2.45) is 0 Å². The van der Waals surface area contributed by atoms with Gasteiger partial charge in [0, 0.05) is 13.1 Å². The van der Waals surface area contributed by atoms with Crippen molar-refractivity contribution in [2.75, 3.05) is 13.1 Å². The maximum absolute atomic E-state index is 11.5. The molecule has 1 heterocycles. The Kier molecular flexibility index (Phi) is 3.18. The normalized spacial score (nSPS) is 23.4. The molecule has 14 heavy (non-hydrogen) atoms. The predicted molar refractivity (Wildman–Crippen MR) is 48.8 cm³/mol. The van der Waals surface area contributed by atoms with Crippen LogP contribution in [0.4, 0.5) is 4.79 Å². The molecule has 0 aromatic carbocycles. The number of imide groups is 1. The number of hydrogen-bond acceptors (Lipinski definition) is 3. The zero-order valence-corrected chi connectivity index (χ0v) is 8.90. The van der Waals surface area contributed by atoms with Crippen LogP contribution in [-0.4, -0.2) is 45.5 Å². The van der Waals surface area contributed by atoms with Crippen LogP contribution in [0.15, 0.2) is 0 Å². The lowest BCUT2D eigenvalue weighted by Gasteiger charge is -2.12. The average molecular weight is 219 g/mol. The minimum Gasteiger partial charge on any atom is -0.270 e. The highest BCUT2D eigenvalue weighted by atomic mass is 31.1. The van der Waals surface area contributed by atoms with Gasteiger partial charge in [-0.1, -0.05) is 0 Å². The van der Waals surface area contributed by atoms with Crippen molar-refractivity contribution in [3.63, 3.8) is 0 Å². The van der Waals surface area contributed by atoms with Crippen LogP contribution in [-0.2, 0) is 9.36 Å². The van der Waals surface area contributed by atoms with E-state index in [1.54, 1.807) is 13.8 Å². The van der Waals surface area contributed by atoms with Crippen molar-refractivity contribution in [1.29, 1.82) is 0 Å². The summed E-state index contributed by atoms with van der Waals surface area (Å²) in [7, 11) is -2.68. The van der Waals surface area contributed by atoms with Crippen LogP contribution in [0, 0.1) is 0 Å². The largest absolute Gasteiger partial charge is 0.541 e. The van der Waals surface area contributed by atoms with E-state index < -0.39 is 25.7 Å². The first-order valence-corrected chi connectivity index (χ1v) is 5.59. The van der Waals surface area contributed by atoms with Gasteiger partial charge in [0.2, 0.25) is 0 Å². The summed E-state index contributed by atoms with van der Waals surface area (Å²) in [5.74, 6) is -1.77. The molecule has 6 nitrogen and oxygen atoms in total. The number of hydrogen-bond donors (Lipinski definition) is 1. The summed E-state index contributed by atoms with van der Waals surface area (Å²) in [5.41, 5.74) is 0. The molecule has 0 aromatic heterocycles. The molecule has 1 aliphatic rings.